The summed E-state index contributed by atoms with van der Waals surface area (Å²) in [6, 6.07) is 8.30. The number of likely N-dealkylation sites (tertiary alicyclic amines) is 1. The minimum absolute atomic E-state index is 0.0662. The van der Waals surface area contributed by atoms with Gasteiger partial charge in [-0.25, -0.2) is 0 Å². The molecule has 2 fully saturated rings. The number of anilines is 1. The average molecular weight is 341 g/mol. The molecular formula is C20H27N3O2. The highest BCUT2D eigenvalue weighted by Crippen LogP contribution is 2.32. The SMILES string of the molecule is C[C@@H](C(=O)N1C[C@@H]2CCCN2Cc2ccccc21)N1CCCCC1=O. The van der Waals surface area contributed by atoms with Crippen molar-refractivity contribution < 1.29 is 9.59 Å². The van der Waals surface area contributed by atoms with Gasteiger partial charge in [0, 0.05) is 37.8 Å². The number of hydrogen-bond acceptors (Lipinski definition) is 3. The van der Waals surface area contributed by atoms with Crippen LogP contribution in [0, 0.1) is 0 Å². The molecule has 5 heteroatoms. The maximum Gasteiger partial charge on any atom is 0.249 e. The summed E-state index contributed by atoms with van der Waals surface area (Å²) < 4.78 is 0. The second kappa shape index (κ2) is 6.79. The highest BCUT2D eigenvalue weighted by atomic mass is 16.2. The Morgan fingerprint density at radius 1 is 1.16 bits per heavy atom. The quantitative estimate of drug-likeness (QED) is 0.830. The van der Waals surface area contributed by atoms with Gasteiger partial charge < -0.3 is 9.80 Å². The molecule has 0 unspecified atom stereocenters. The number of hydrogen-bond donors (Lipinski definition) is 0. The standard InChI is InChI=1S/C20H27N3O2/c1-15(22-12-5-4-10-19(22)24)20(25)23-14-17-8-6-11-21(17)13-16-7-2-3-9-18(16)23/h2-3,7,9,15,17H,4-6,8,10-14H2,1H3/t15-,17-/m0/s1. The molecule has 2 amide bonds. The summed E-state index contributed by atoms with van der Waals surface area (Å²) >= 11 is 0. The van der Waals surface area contributed by atoms with Crippen LogP contribution in [0.3, 0.4) is 0 Å². The number of nitrogens with zero attached hydrogens (tertiary/aromatic N) is 3. The molecule has 0 saturated carbocycles. The normalized spacial score (nSPS) is 25.3. The summed E-state index contributed by atoms with van der Waals surface area (Å²) in [6.45, 7) is 5.37. The highest BCUT2D eigenvalue weighted by molar-refractivity contribution is 5.99. The van der Waals surface area contributed by atoms with Crippen molar-refractivity contribution in [3.8, 4) is 0 Å². The Bertz CT molecular complexity index is 675. The second-order valence-electron chi connectivity index (χ2n) is 7.56. The van der Waals surface area contributed by atoms with Crippen LogP contribution in [0.1, 0.15) is 44.6 Å². The first-order valence-corrected chi connectivity index (χ1v) is 9.58. The molecule has 2 saturated heterocycles. The largest absolute Gasteiger partial charge is 0.331 e. The Morgan fingerprint density at radius 3 is 2.84 bits per heavy atom. The van der Waals surface area contributed by atoms with Gasteiger partial charge in [-0.2, -0.15) is 0 Å². The molecule has 0 spiro atoms. The molecule has 0 bridgehead atoms. The Kier molecular flexibility index (Phi) is 4.50. The van der Waals surface area contributed by atoms with E-state index in [1.54, 1.807) is 4.90 Å². The van der Waals surface area contributed by atoms with Crippen LogP contribution >= 0.6 is 0 Å². The summed E-state index contributed by atoms with van der Waals surface area (Å²) in [5.74, 6) is 0.189. The van der Waals surface area contributed by atoms with Crippen molar-refractivity contribution in [3.05, 3.63) is 29.8 Å². The lowest BCUT2D eigenvalue weighted by Crippen LogP contribution is -2.52. The molecule has 3 heterocycles. The minimum Gasteiger partial charge on any atom is -0.331 e. The fraction of sp³-hybridized carbons (Fsp3) is 0.600. The number of piperidine rings is 1. The second-order valence-corrected chi connectivity index (χ2v) is 7.56. The van der Waals surface area contributed by atoms with Gasteiger partial charge in [0.1, 0.15) is 6.04 Å². The van der Waals surface area contributed by atoms with Crippen molar-refractivity contribution >= 4 is 17.5 Å². The number of benzene rings is 1. The lowest BCUT2D eigenvalue weighted by molar-refractivity contribution is -0.140. The molecule has 3 aliphatic heterocycles. The van der Waals surface area contributed by atoms with Crippen LogP contribution in [0.2, 0.25) is 0 Å². The predicted molar refractivity (Wildman–Crippen MR) is 97.3 cm³/mol. The summed E-state index contributed by atoms with van der Waals surface area (Å²) in [4.78, 5) is 31.9. The molecule has 1 aromatic rings. The van der Waals surface area contributed by atoms with E-state index in [1.165, 1.54) is 12.0 Å². The molecule has 0 aliphatic carbocycles. The van der Waals surface area contributed by atoms with Crippen LogP contribution in [-0.2, 0) is 16.1 Å². The van der Waals surface area contributed by atoms with Gasteiger partial charge in [0.15, 0.2) is 0 Å². The molecule has 25 heavy (non-hydrogen) atoms. The van der Waals surface area contributed by atoms with E-state index in [1.807, 2.05) is 17.9 Å². The van der Waals surface area contributed by atoms with Crippen molar-refractivity contribution in [1.29, 1.82) is 0 Å². The Hall–Kier alpha value is -1.88. The molecule has 0 N–H and O–H groups in total. The van der Waals surface area contributed by atoms with Crippen molar-refractivity contribution in [2.75, 3.05) is 24.5 Å². The van der Waals surface area contributed by atoms with E-state index in [0.29, 0.717) is 19.0 Å². The van der Waals surface area contributed by atoms with E-state index in [-0.39, 0.29) is 17.9 Å². The van der Waals surface area contributed by atoms with Gasteiger partial charge >= 0.3 is 0 Å². The highest BCUT2D eigenvalue weighted by Gasteiger charge is 2.37. The molecule has 4 rings (SSSR count). The third-order valence-corrected chi connectivity index (χ3v) is 6.00. The van der Waals surface area contributed by atoms with E-state index >= 15 is 0 Å². The fourth-order valence-corrected chi connectivity index (χ4v) is 4.55. The lowest BCUT2D eigenvalue weighted by atomic mass is 10.1. The molecule has 1 aromatic carbocycles. The third kappa shape index (κ3) is 3.06. The maximum absolute atomic E-state index is 13.4. The molecule has 0 radical (unpaired) electrons. The van der Waals surface area contributed by atoms with Crippen LogP contribution in [0.15, 0.2) is 24.3 Å². The Labute approximate surface area is 149 Å². The number of para-hydroxylation sites is 1. The van der Waals surface area contributed by atoms with Crippen molar-refractivity contribution in [1.82, 2.24) is 9.80 Å². The van der Waals surface area contributed by atoms with E-state index < -0.39 is 0 Å². The molecular weight excluding hydrogens is 314 g/mol. The topological polar surface area (TPSA) is 43.9 Å². The van der Waals surface area contributed by atoms with E-state index in [4.69, 9.17) is 0 Å². The summed E-state index contributed by atoms with van der Waals surface area (Å²) in [7, 11) is 0. The lowest BCUT2D eigenvalue weighted by Gasteiger charge is -2.35. The molecule has 5 nitrogen and oxygen atoms in total. The van der Waals surface area contributed by atoms with Crippen molar-refractivity contribution in [2.24, 2.45) is 0 Å². The average Bonchev–Trinajstić information content (AvgIpc) is 3.00. The van der Waals surface area contributed by atoms with Crippen LogP contribution in [0.4, 0.5) is 5.69 Å². The first kappa shape index (κ1) is 16.6. The summed E-state index contributed by atoms with van der Waals surface area (Å²) in [5, 5.41) is 0. The van der Waals surface area contributed by atoms with Gasteiger partial charge in [-0.1, -0.05) is 18.2 Å². The van der Waals surface area contributed by atoms with Crippen LogP contribution in [0.25, 0.3) is 0 Å². The van der Waals surface area contributed by atoms with Crippen LogP contribution in [0.5, 0.6) is 0 Å². The van der Waals surface area contributed by atoms with Gasteiger partial charge in [-0.3, -0.25) is 14.5 Å². The zero-order chi connectivity index (χ0) is 17.4. The Balaban J connectivity index is 1.63. The fourth-order valence-electron chi connectivity index (χ4n) is 4.55. The van der Waals surface area contributed by atoms with Gasteiger partial charge in [-0.15, -0.1) is 0 Å². The number of amides is 2. The first-order valence-electron chi connectivity index (χ1n) is 9.58. The van der Waals surface area contributed by atoms with Gasteiger partial charge in [0.2, 0.25) is 11.8 Å². The molecule has 0 aromatic heterocycles. The summed E-state index contributed by atoms with van der Waals surface area (Å²) in [6.07, 6.45) is 4.87. The zero-order valence-corrected chi connectivity index (χ0v) is 15.0. The number of carbonyl (C=O) groups is 2. The number of fused-ring (bicyclic) bond motifs is 2. The van der Waals surface area contributed by atoms with Crippen molar-refractivity contribution in [3.63, 3.8) is 0 Å². The first-order chi connectivity index (χ1) is 12.1. The van der Waals surface area contributed by atoms with E-state index in [9.17, 15) is 9.59 Å². The van der Waals surface area contributed by atoms with E-state index in [2.05, 4.69) is 23.1 Å². The monoisotopic (exact) mass is 341 g/mol. The Morgan fingerprint density at radius 2 is 2.00 bits per heavy atom. The van der Waals surface area contributed by atoms with Gasteiger partial charge in [-0.05, 0) is 50.8 Å². The van der Waals surface area contributed by atoms with Crippen LogP contribution in [-0.4, -0.2) is 53.3 Å². The maximum atomic E-state index is 13.4. The molecule has 134 valence electrons. The molecule has 2 atom stereocenters. The number of rotatable bonds is 2. The predicted octanol–water partition coefficient (Wildman–Crippen LogP) is 2.40. The minimum atomic E-state index is -0.381. The van der Waals surface area contributed by atoms with Gasteiger partial charge in [0.25, 0.3) is 0 Å². The number of carbonyl (C=O) groups excluding carboxylic acids is 2. The van der Waals surface area contributed by atoms with E-state index in [0.717, 1.165) is 44.6 Å². The zero-order valence-electron chi connectivity index (χ0n) is 15.0. The summed E-state index contributed by atoms with van der Waals surface area (Å²) in [5.41, 5.74) is 2.25. The molecule has 3 aliphatic rings. The smallest absolute Gasteiger partial charge is 0.249 e. The third-order valence-electron chi connectivity index (χ3n) is 6.00. The van der Waals surface area contributed by atoms with Crippen LogP contribution < -0.4 is 4.90 Å². The van der Waals surface area contributed by atoms with Gasteiger partial charge in [0.05, 0.1) is 0 Å². The van der Waals surface area contributed by atoms with Crippen molar-refractivity contribution in [2.45, 2.75) is 57.7 Å².